The number of carbonyl (C=O) groups excluding carboxylic acids is 2. The van der Waals surface area contributed by atoms with Crippen molar-refractivity contribution in [3.05, 3.63) is 12.7 Å². The highest BCUT2D eigenvalue weighted by atomic mass is 16.5. The number of ether oxygens (including phenoxy) is 2. The molecule has 0 N–H and O–H groups in total. The monoisotopic (exact) mass is 214 g/mol. The van der Waals surface area contributed by atoms with Gasteiger partial charge in [0.15, 0.2) is 0 Å². The molecule has 15 heavy (non-hydrogen) atoms. The molecule has 0 radical (unpaired) electrons. The minimum Gasteiger partial charge on any atom is -0.466 e. The number of allylic oxidation sites excluding steroid dienone is 1. The van der Waals surface area contributed by atoms with Crippen molar-refractivity contribution in [1.82, 2.24) is 0 Å². The fourth-order valence-corrected chi connectivity index (χ4v) is 1.15. The molecule has 0 heterocycles. The summed E-state index contributed by atoms with van der Waals surface area (Å²) in [5.41, 5.74) is 0. The Morgan fingerprint density at radius 3 is 2.33 bits per heavy atom. The highest BCUT2D eigenvalue weighted by molar-refractivity contribution is 5.80. The van der Waals surface area contributed by atoms with Gasteiger partial charge in [0.05, 0.1) is 25.6 Å². The fraction of sp³-hybridized carbons (Fsp3) is 0.636. The van der Waals surface area contributed by atoms with Gasteiger partial charge in [-0.3, -0.25) is 9.59 Å². The van der Waals surface area contributed by atoms with Gasteiger partial charge in [-0.05, 0) is 20.3 Å². The minimum absolute atomic E-state index is 0.0543. The van der Waals surface area contributed by atoms with Gasteiger partial charge in [-0.15, -0.1) is 6.58 Å². The number of esters is 2. The van der Waals surface area contributed by atoms with E-state index < -0.39 is 5.92 Å². The Labute approximate surface area is 90.2 Å². The van der Waals surface area contributed by atoms with Gasteiger partial charge in [-0.1, -0.05) is 6.08 Å². The summed E-state index contributed by atoms with van der Waals surface area (Å²) in [5, 5.41) is 0. The highest BCUT2D eigenvalue weighted by Gasteiger charge is 2.22. The second-order valence-electron chi connectivity index (χ2n) is 2.98. The SMILES string of the molecule is C=CCC(CC(=O)OCC)C(=O)OCC. The van der Waals surface area contributed by atoms with Crippen LogP contribution >= 0.6 is 0 Å². The summed E-state index contributed by atoms with van der Waals surface area (Å²) in [6.07, 6.45) is 2.08. The molecule has 0 aromatic rings. The summed E-state index contributed by atoms with van der Waals surface area (Å²) >= 11 is 0. The Balaban J connectivity index is 4.19. The van der Waals surface area contributed by atoms with Crippen LogP contribution in [0.2, 0.25) is 0 Å². The molecule has 0 saturated carbocycles. The molecule has 0 spiro atoms. The Morgan fingerprint density at radius 1 is 1.27 bits per heavy atom. The van der Waals surface area contributed by atoms with Crippen LogP contribution < -0.4 is 0 Å². The Bertz CT molecular complexity index is 223. The summed E-state index contributed by atoms with van der Waals surface area (Å²) in [6, 6.07) is 0. The van der Waals surface area contributed by atoms with E-state index in [9.17, 15) is 9.59 Å². The second-order valence-corrected chi connectivity index (χ2v) is 2.98. The average molecular weight is 214 g/mol. The topological polar surface area (TPSA) is 52.6 Å². The summed E-state index contributed by atoms with van der Waals surface area (Å²) < 4.78 is 9.61. The van der Waals surface area contributed by atoms with E-state index >= 15 is 0 Å². The van der Waals surface area contributed by atoms with Gasteiger partial charge >= 0.3 is 11.9 Å². The maximum Gasteiger partial charge on any atom is 0.309 e. The smallest absolute Gasteiger partial charge is 0.309 e. The van der Waals surface area contributed by atoms with Crippen LogP contribution in [0.25, 0.3) is 0 Å². The van der Waals surface area contributed by atoms with Crippen LogP contribution in [0.4, 0.5) is 0 Å². The summed E-state index contributed by atoms with van der Waals surface area (Å²) in [5.74, 6) is -1.22. The van der Waals surface area contributed by atoms with Crippen LogP contribution in [0.5, 0.6) is 0 Å². The molecule has 0 aliphatic heterocycles. The van der Waals surface area contributed by atoms with E-state index in [1.54, 1.807) is 19.9 Å². The molecule has 0 aromatic heterocycles. The molecule has 1 atom stereocenters. The Hall–Kier alpha value is -1.32. The van der Waals surface area contributed by atoms with Gasteiger partial charge in [0, 0.05) is 0 Å². The molecule has 86 valence electrons. The van der Waals surface area contributed by atoms with Crippen LogP contribution in [0, 0.1) is 5.92 Å². The third kappa shape index (κ3) is 5.88. The first-order valence-corrected chi connectivity index (χ1v) is 5.08. The van der Waals surface area contributed by atoms with Crippen LogP contribution in [0.15, 0.2) is 12.7 Å². The molecule has 4 heteroatoms. The Morgan fingerprint density at radius 2 is 1.87 bits per heavy atom. The lowest BCUT2D eigenvalue weighted by Gasteiger charge is -2.12. The van der Waals surface area contributed by atoms with Crippen LogP contribution in [0.3, 0.4) is 0 Å². The van der Waals surface area contributed by atoms with Crippen molar-refractivity contribution < 1.29 is 19.1 Å². The predicted molar refractivity (Wildman–Crippen MR) is 56.2 cm³/mol. The number of carbonyl (C=O) groups is 2. The largest absolute Gasteiger partial charge is 0.466 e. The van der Waals surface area contributed by atoms with E-state index in [4.69, 9.17) is 9.47 Å². The maximum absolute atomic E-state index is 11.4. The van der Waals surface area contributed by atoms with E-state index in [1.807, 2.05) is 0 Å². The van der Waals surface area contributed by atoms with E-state index in [0.29, 0.717) is 19.6 Å². The van der Waals surface area contributed by atoms with Crippen molar-refractivity contribution in [1.29, 1.82) is 0 Å². The zero-order valence-corrected chi connectivity index (χ0v) is 9.32. The molecule has 0 aliphatic rings. The van der Waals surface area contributed by atoms with E-state index in [0.717, 1.165) is 0 Å². The first-order chi connectivity index (χ1) is 7.15. The highest BCUT2D eigenvalue weighted by Crippen LogP contribution is 2.12. The fourth-order valence-electron chi connectivity index (χ4n) is 1.15. The molecule has 0 fully saturated rings. The molecular formula is C11H18O4. The van der Waals surface area contributed by atoms with Crippen LogP contribution in [-0.2, 0) is 19.1 Å². The summed E-state index contributed by atoms with van der Waals surface area (Å²) in [6.45, 7) is 7.63. The standard InChI is InChI=1S/C11H18O4/c1-4-7-9(11(13)15-6-3)8-10(12)14-5-2/h4,9H,1,5-8H2,2-3H3. The molecule has 1 unspecified atom stereocenters. The average Bonchev–Trinajstić information content (AvgIpc) is 2.18. The minimum atomic E-state index is -0.471. The lowest BCUT2D eigenvalue weighted by Crippen LogP contribution is -2.21. The number of rotatable bonds is 7. The number of hydrogen-bond donors (Lipinski definition) is 0. The zero-order valence-electron chi connectivity index (χ0n) is 9.32. The summed E-state index contributed by atoms with van der Waals surface area (Å²) in [7, 11) is 0. The third-order valence-electron chi connectivity index (χ3n) is 1.79. The first kappa shape index (κ1) is 13.7. The van der Waals surface area contributed by atoms with Crippen molar-refractivity contribution in [2.45, 2.75) is 26.7 Å². The second kappa shape index (κ2) is 8.03. The van der Waals surface area contributed by atoms with Gasteiger partial charge in [-0.25, -0.2) is 0 Å². The molecule has 4 nitrogen and oxygen atoms in total. The maximum atomic E-state index is 11.4. The molecule has 0 aromatic carbocycles. The van der Waals surface area contributed by atoms with Gasteiger partial charge < -0.3 is 9.47 Å². The summed E-state index contributed by atoms with van der Waals surface area (Å²) in [4.78, 5) is 22.6. The zero-order chi connectivity index (χ0) is 11.7. The van der Waals surface area contributed by atoms with Crippen molar-refractivity contribution in [2.75, 3.05) is 13.2 Å². The molecule has 0 rings (SSSR count). The van der Waals surface area contributed by atoms with Gasteiger partial charge in [0.2, 0.25) is 0 Å². The van der Waals surface area contributed by atoms with E-state index in [1.165, 1.54) is 0 Å². The molecule has 0 aliphatic carbocycles. The van der Waals surface area contributed by atoms with E-state index in [-0.39, 0.29) is 18.4 Å². The lowest BCUT2D eigenvalue weighted by atomic mass is 10.0. The van der Waals surface area contributed by atoms with Crippen molar-refractivity contribution in [3.8, 4) is 0 Å². The molecule has 0 bridgehead atoms. The first-order valence-electron chi connectivity index (χ1n) is 5.08. The predicted octanol–water partition coefficient (Wildman–Crippen LogP) is 1.70. The van der Waals surface area contributed by atoms with E-state index in [2.05, 4.69) is 6.58 Å². The van der Waals surface area contributed by atoms with Gasteiger partial charge in [-0.2, -0.15) is 0 Å². The quantitative estimate of drug-likeness (QED) is 0.478. The van der Waals surface area contributed by atoms with Gasteiger partial charge in [0.25, 0.3) is 0 Å². The van der Waals surface area contributed by atoms with Crippen LogP contribution in [-0.4, -0.2) is 25.2 Å². The molecular weight excluding hydrogens is 196 g/mol. The normalized spacial score (nSPS) is 11.6. The lowest BCUT2D eigenvalue weighted by molar-refractivity contribution is -0.154. The van der Waals surface area contributed by atoms with Crippen LogP contribution in [0.1, 0.15) is 26.7 Å². The number of hydrogen-bond acceptors (Lipinski definition) is 4. The Kier molecular flexibility index (Phi) is 7.32. The van der Waals surface area contributed by atoms with Crippen molar-refractivity contribution >= 4 is 11.9 Å². The third-order valence-corrected chi connectivity index (χ3v) is 1.79. The van der Waals surface area contributed by atoms with Crippen molar-refractivity contribution in [2.24, 2.45) is 5.92 Å². The van der Waals surface area contributed by atoms with Crippen molar-refractivity contribution in [3.63, 3.8) is 0 Å². The molecule has 0 amide bonds. The molecule has 0 saturated heterocycles. The van der Waals surface area contributed by atoms with Gasteiger partial charge in [0.1, 0.15) is 0 Å².